The molecule has 4 rings (SSSR count). The number of hydrogen-bond acceptors (Lipinski definition) is 8. The highest BCUT2D eigenvalue weighted by Gasteiger charge is 2.37. The summed E-state index contributed by atoms with van der Waals surface area (Å²) in [7, 11) is -2.49. The summed E-state index contributed by atoms with van der Waals surface area (Å²) in [4.78, 5) is 12.4. The minimum atomic E-state index is -4.03. The molecule has 0 saturated carbocycles. The second-order valence-corrected chi connectivity index (χ2v) is 11.3. The Morgan fingerprint density at radius 3 is 2.64 bits per heavy atom. The molecule has 33 heavy (non-hydrogen) atoms. The zero-order valence-electron chi connectivity index (χ0n) is 18.0. The monoisotopic (exact) mass is 508 g/mol. The number of ether oxygens (including phenoxy) is 2. The predicted molar refractivity (Wildman–Crippen MR) is 125 cm³/mol. The largest absolute Gasteiger partial charge is 0.497 e. The van der Waals surface area contributed by atoms with Crippen LogP contribution >= 0.6 is 22.9 Å². The maximum absolute atomic E-state index is 13.1. The summed E-state index contributed by atoms with van der Waals surface area (Å²) < 4.78 is 39.9. The van der Waals surface area contributed by atoms with Gasteiger partial charge in [0, 0.05) is 22.6 Å². The van der Waals surface area contributed by atoms with E-state index in [1.807, 2.05) is 13.8 Å². The average molecular weight is 509 g/mol. The van der Waals surface area contributed by atoms with Gasteiger partial charge in [0.1, 0.15) is 17.1 Å². The molecular weight excluding hydrogens is 488 g/mol. The highest BCUT2D eigenvalue weighted by molar-refractivity contribution is 7.91. The summed E-state index contributed by atoms with van der Waals surface area (Å²) in [6.45, 7) is 3.77. The van der Waals surface area contributed by atoms with Crippen LogP contribution in [0.2, 0.25) is 5.02 Å². The van der Waals surface area contributed by atoms with E-state index in [9.17, 15) is 13.2 Å². The molecular formula is C21H21ClN4O5S2. The Morgan fingerprint density at radius 1 is 1.21 bits per heavy atom. The first kappa shape index (κ1) is 23.4. The molecule has 2 heterocycles. The third-order valence-electron chi connectivity index (χ3n) is 4.93. The quantitative estimate of drug-likeness (QED) is 0.482. The van der Waals surface area contributed by atoms with Crippen LogP contribution < -0.4 is 19.5 Å². The standard InChI is InChI=1S/C21H21ClN4O5S2/c1-21(2)11-16(15-10-14(30-3)8-9-17(15)31-21)26-33(28,29)20-25-24-19(32-20)23-18(27)12-4-6-13(22)7-5-12/h4-10,16,26H,11H2,1-3H3,(H,23,24,27)/t16-/m1/s1. The number of carbonyl (C=O) groups is 1. The minimum absolute atomic E-state index is 0.0599. The second kappa shape index (κ2) is 8.90. The maximum Gasteiger partial charge on any atom is 0.270 e. The first-order chi connectivity index (χ1) is 15.6. The summed E-state index contributed by atoms with van der Waals surface area (Å²) in [5.74, 6) is 0.712. The number of halogens is 1. The molecule has 1 aliphatic rings. The van der Waals surface area contributed by atoms with E-state index in [4.69, 9.17) is 21.1 Å². The van der Waals surface area contributed by atoms with Gasteiger partial charge in [0.2, 0.25) is 9.47 Å². The van der Waals surface area contributed by atoms with Crippen LogP contribution in [0.5, 0.6) is 11.5 Å². The van der Waals surface area contributed by atoms with Crippen LogP contribution in [0.25, 0.3) is 0 Å². The van der Waals surface area contributed by atoms with Gasteiger partial charge < -0.3 is 9.47 Å². The molecule has 1 amide bonds. The van der Waals surface area contributed by atoms with Crippen molar-refractivity contribution in [3.05, 3.63) is 58.6 Å². The van der Waals surface area contributed by atoms with Gasteiger partial charge in [-0.05, 0) is 56.3 Å². The number of sulfonamides is 1. The number of rotatable bonds is 6. The molecule has 174 valence electrons. The van der Waals surface area contributed by atoms with Crippen LogP contribution in [0, 0.1) is 0 Å². The van der Waals surface area contributed by atoms with E-state index in [1.54, 1.807) is 42.5 Å². The van der Waals surface area contributed by atoms with E-state index in [0.717, 1.165) is 11.3 Å². The number of hydrogen-bond donors (Lipinski definition) is 2. The van der Waals surface area contributed by atoms with E-state index in [-0.39, 0.29) is 9.47 Å². The van der Waals surface area contributed by atoms with Gasteiger partial charge in [-0.1, -0.05) is 22.9 Å². The van der Waals surface area contributed by atoms with Gasteiger partial charge >= 0.3 is 0 Å². The predicted octanol–water partition coefficient (Wildman–Crippen LogP) is 4.03. The molecule has 12 heteroatoms. The van der Waals surface area contributed by atoms with Crippen LogP contribution in [-0.2, 0) is 10.0 Å². The fourth-order valence-corrected chi connectivity index (χ4v) is 5.69. The zero-order valence-corrected chi connectivity index (χ0v) is 20.3. The number of nitrogens with zero attached hydrogens (tertiary/aromatic N) is 2. The molecule has 1 aliphatic heterocycles. The molecule has 2 aromatic carbocycles. The molecule has 0 unspecified atom stereocenters. The smallest absolute Gasteiger partial charge is 0.270 e. The molecule has 1 aromatic heterocycles. The lowest BCUT2D eigenvalue weighted by atomic mass is 9.90. The van der Waals surface area contributed by atoms with Crippen molar-refractivity contribution in [2.75, 3.05) is 12.4 Å². The first-order valence-corrected chi connectivity index (χ1v) is 12.5. The Bertz CT molecular complexity index is 1290. The van der Waals surface area contributed by atoms with Crippen molar-refractivity contribution in [1.82, 2.24) is 14.9 Å². The number of methoxy groups -OCH3 is 1. The average Bonchev–Trinajstić information content (AvgIpc) is 3.22. The number of carbonyl (C=O) groups excluding carboxylic acids is 1. The highest BCUT2D eigenvalue weighted by Crippen LogP contribution is 2.41. The molecule has 9 nitrogen and oxygen atoms in total. The molecule has 2 N–H and O–H groups in total. The molecule has 0 bridgehead atoms. The Labute approximate surface area is 200 Å². The Morgan fingerprint density at radius 2 is 1.94 bits per heavy atom. The number of nitrogens with one attached hydrogen (secondary N) is 2. The number of amides is 1. The number of benzene rings is 2. The van der Waals surface area contributed by atoms with E-state index in [2.05, 4.69) is 20.2 Å². The maximum atomic E-state index is 13.1. The summed E-state index contributed by atoms with van der Waals surface area (Å²) in [5.41, 5.74) is 0.429. The van der Waals surface area contributed by atoms with E-state index in [0.29, 0.717) is 34.1 Å². The molecule has 1 atom stereocenters. The van der Waals surface area contributed by atoms with Gasteiger partial charge in [0.15, 0.2) is 0 Å². The van der Waals surface area contributed by atoms with E-state index >= 15 is 0 Å². The molecule has 0 radical (unpaired) electrons. The number of anilines is 1. The number of fused-ring (bicyclic) bond motifs is 1. The fraction of sp³-hybridized carbons (Fsp3) is 0.286. The Balaban J connectivity index is 1.54. The first-order valence-electron chi connectivity index (χ1n) is 9.86. The highest BCUT2D eigenvalue weighted by atomic mass is 35.5. The van der Waals surface area contributed by atoms with Crippen molar-refractivity contribution in [3.8, 4) is 11.5 Å². The van der Waals surface area contributed by atoms with E-state index < -0.39 is 27.6 Å². The minimum Gasteiger partial charge on any atom is -0.497 e. The van der Waals surface area contributed by atoms with Crippen LogP contribution in [0.4, 0.5) is 5.13 Å². The topological polar surface area (TPSA) is 120 Å². The van der Waals surface area contributed by atoms with Gasteiger partial charge in [-0.3, -0.25) is 10.1 Å². The van der Waals surface area contributed by atoms with Gasteiger partial charge in [0.05, 0.1) is 13.2 Å². The van der Waals surface area contributed by atoms with E-state index in [1.165, 1.54) is 7.11 Å². The summed E-state index contributed by atoms with van der Waals surface area (Å²) in [6, 6.07) is 11.0. The molecule has 0 fully saturated rings. The Hall–Kier alpha value is -2.73. The molecule has 0 saturated heterocycles. The molecule has 3 aromatic rings. The summed E-state index contributed by atoms with van der Waals surface area (Å²) in [5, 5.41) is 10.7. The van der Waals surface area contributed by atoms with Crippen molar-refractivity contribution in [2.45, 2.75) is 36.3 Å². The second-order valence-electron chi connectivity index (χ2n) is 7.98. The lowest BCUT2D eigenvalue weighted by Gasteiger charge is -2.37. The zero-order chi connectivity index (χ0) is 23.8. The van der Waals surface area contributed by atoms with Gasteiger partial charge in [-0.25, -0.2) is 13.1 Å². The SMILES string of the molecule is COc1ccc2c(c1)[C@H](NS(=O)(=O)c1nnc(NC(=O)c3ccc(Cl)cc3)s1)CC(C)(C)O2. The van der Waals surface area contributed by atoms with Crippen LogP contribution in [0.1, 0.15) is 42.2 Å². The van der Waals surface area contributed by atoms with Crippen molar-refractivity contribution >= 4 is 44.0 Å². The van der Waals surface area contributed by atoms with Crippen molar-refractivity contribution in [3.63, 3.8) is 0 Å². The molecule has 0 aliphatic carbocycles. The van der Waals surface area contributed by atoms with Gasteiger partial charge in [-0.2, -0.15) is 0 Å². The van der Waals surface area contributed by atoms with Crippen molar-refractivity contribution in [2.24, 2.45) is 0 Å². The van der Waals surface area contributed by atoms with Crippen LogP contribution in [0.3, 0.4) is 0 Å². The Kier molecular flexibility index (Phi) is 6.32. The van der Waals surface area contributed by atoms with Gasteiger partial charge in [-0.15, -0.1) is 10.2 Å². The van der Waals surface area contributed by atoms with Crippen molar-refractivity contribution < 1.29 is 22.7 Å². The normalized spacial score (nSPS) is 17.0. The fourth-order valence-electron chi connectivity index (χ4n) is 3.44. The van der Waals surface area contributed by atoms with Crippen LogP contribution in [0.15, 0.2) is 46.8 Å². The molecule has 0 spiro atoms. The summed E-state index contributed by atoms with van der Waals surface area (Å²) in [6.07, 6.45) is 0.394. The lowest BCUT2D eigenvalue weighted by Crippen LogP contribution is -2.41. The van der Waals surface area contributed by atoms with Gasteiger partial charge in [0.25, 0.3) is 15.9 Å². The summed E-state index contributed by atoms with van der Waals surface area (Å²) >= 11 is 6.59. The lowest BCUT2D eigenvalue weighted by molar-refractivity contribution is 0.0700. The van der Waals surface area contributed by atoms with Crippen molar-refractivity contribution in [1.29, 1.82) is 0 Å². The third kappa shape index (κ3) is 5.27. The van der Waals surface area contributed by atoms with Crippen LogP contribution in [-0.4, -0.2) is 37.2 Å². The third-order valence-corrected chi connectivity index (χ3v) is 7.86. The number of aromatic nitrogens is 2.